The van der Waals surface area contributed by atoms with Gasteiger partial charge in [-0.1, -0.05) is 41.6 Å². The Morgan fingerprint density at radius 3 is 2.76 bits per heavy atom. The van der Waals surface area contributed by atoms with E-state index >= 15 is 0 Å². The van der Waals surface area contributed by atoms with Gasteiger partial charge in [-0.3, -0.25) is 0 Å². The summed E-state index contributed by atoms with van der Waals surface area (Å²) in [5, 5.41) is 0.0607. The van der Waals surface area contributed by atoms with Gasteiger partial charge in [0, 0.05) is 10.0 Å². The van der Waals surface area contributed by atoms with Gasteiger partial charge in [-0.2, -0.15) is 0 Å². The highest BCUT2D eigenvalue weighted by atomic mass is 79.9. The zero-order valence-corrected chi connectivity index (χ0v) is 12.4. The van der Waals surface area contributed by atoms with Crippen LogP contribution >= 0.6 is 27.5 Å². The number of rotatable bonds is 4. The molecule has 0 aromatic heterocycles. The van der Waals surface area contributed by atoms with E-state index < -0.39 is 0 Å². The van der Waals surface area contributed by atoms with Crippen LogP contribution in [0, 0.1) is 5.92 Å². The second-order valence-electron chi connectivity index (χ2n) is 4.74. The Balaban J connectivity index is 2.11. The molecule has 1 atom stereocenters. The minimum absolute atomic E-state index is 0.0607. The molecular formula is C14H18BrClO. The Labute approximate surface area is 117 Å². The number of ether oxygens (including phenoxy) is 1. The summed E-state index contributed by atoms with van der Waals surface area (Å²) < 4.78 is 6.44. The van der Waals surface area contributed by atoms with E-state index in [4.69, 9.17) is 16.3 Å². The lowest BCUT2D eigenvalue weighted by atomic mass is 9.97. The molecule has 0 N–H and O–H groups in total. The molecule has 1 aliphatic rings. The van der Waals surface area contributed by atoms with Gasteiger partial charge in [0.2, 0.25) is 0 Å². The molecule has 0 spiro atoms. The van der Waals surface area contributed by atoms with Crippen molar-refractivity contribution in [1.29, 1.82) is 0 Å². The molecule has 1 aromatic carbocycles. The summed E-state index contributed by atoms with van der Waals surface area (Å²) in [6, 6.07) is 6.04. The molecule has 1 fully saturated rings. The van der Waals surface area contributed by atoms with Crippen molar-refractivity contribution < 1.29 is 4.74 Å². The van der Waals surface area contributed by atoms with Gasteiger partial charge >= 0.3 is 0 Å². The first-order valence-corrected chi connectivity index (χ1v) is 7.41. The summed E-state index contributed by atoms with van der Waals surface area (Å²) in [6.45, 7) is 0. The number of alkyl halides is 1. The van der Waals surface area contributed by atoms with Gasteiger partial charge < -0.3 is 4.74 Å². The third-order valence-corrected chi connectivity index (χ3v) is 4.45. The van der Waals surface area contributed by atoms with Gasteiger partial charge in [0.25, 0.3) is 0 Å². The molecule has 0 radical (unpaired) electrons. The topological polar surface area (TPSA) is 9.23 Å². The molecule has 1 saturated carbocycles. The minimum atomic E-state index is 0.0607. The molecular weight excluding hydrogens is 300 g/mol. The van der Waals surface area contributed by atoms with Crippen molar-refractivity contribution in [2.75, 3.05) is 7.11 Å². The van der Waals surface area contributed by atoms with Crippen LogP contribution in [0.25, 0.3) is 0 Å². The lowest BCUT2D eigenvalue weighted by Gasteiger charge is -2.17. The SMILES string of the molecule is COc1ccc(Br)cc1C(Cl)CC1CCCC1. The molecule has 0 heterocycles. The molecule has 0 saturated heterocycles. The van der Waals surface area contributed by atoms with Crippen LogP contribution < -0.4 is 4.74 Å². The summed E-state index contributed by atoms with van der Waals surface area (Å²) in [5.41, 5.74) is 1.11. The van der Waals surface area contributed by atoms with Crippen LogP contribution in [0.3, 0.4) is 0 Å². The highest BCUT2D eigenvalue weighted by molar-refractivity contribution is 9.10. The van der Waals surface area contributed by atoms with Crippen molar-refractivity contribution in [3.63, 3.8) is 0 Å². The smallest absolute Gasteiger partial charge is 0.123 e. The fraction of sp³-hybridized carbons (Fsp3) is 0.571. The molecule has 0 bridgehead atoms. The zero-order chi connectivity index (χ0) is 12.3. The van der Waals surface area contributed by atoms with Crippen molar-refractivity contribution in [1.82, 2.24) is 0 Å². The van der Waals surface area contributed by atoms with Crippen molar-refractivity contribution in [2.24, 2.45) is 5.92 Å². The first-order chi connectivity index (χ1) is 8.20. The monoisotopic (exact) mass is 316 g/mol. The van der Waals surface area contributed by atoms with Crippen molar-refractivity contribution in [3.05, 3.63) is 28.2 Å². The number of hydrogen-bond acceptors (Lipinski definition) is 1. The van der Waals surface area contributed by atoms with Gasteiger partial charge in [-0.25, -0.2) is 0 Å². The molecule has 1 nitrogen and oxygen atoms in total. The van der Waals surface area contributed by atoms with E-state index in [1.54, 1.807) is 7.11 Å². The van der Waals surface area contributed by atoms with Crippen LogP contribution in [0.15, 0.2) is 22.7 Å². The molecule has 94 valence electrons. The van der Waals surface area contributed by atoms with E-state index in [0.29, 0.717) is 0 Å². The number of benzene rings is 1. The second-order valence-corrected chi connectivity index (χ2v) is 6.18. The predicted molar refractivity (Wildman–Crippen MR) is 75.9 cm³/mol. The van der Waals surface area contributed by atoms with Gasteiger partial charge in [-0.05, 0) is 30.5 Å². The first kappa shape index (κ1) is 13.2. The fourth-order valence-electron chi connectivity index (χ4n) is 2.62. The van der Waals surface area contributed by atoms with E-state index in [-0.39, 0.29) is 5.38 Å². The number of hydrogen-bond donors (Lipinski definition) is 0. The lowest BCUT2D eigenvalue weighted by molar-refractivity contribution is 0.404. The lowest BCUT2D eigenvalue weighted by Crippen LogP contribution is -2.02. The molecule has 2 rings (SSSR count). The summed E-state index contributed by atoms with van der Waals surface area (Å²) in [4.78, 5) is 0. The van der Waals surface area contributed by atoms with E-state index in [2.05, 4.69) is 22.0 Å². The second kappa shape index (κ2) is 6.10. The fourth-order valence-corrected chi connectivity index (χ4v) is 3.42. The van der Waals surface area contributed by atoms with E-state index in [1.807, 2.05) is 12.1 Å². The van der Waals surface area contributed by atoms with Crippen LogP contribution in [0.5, 0.6) is 5.75 Å². The van der Waals surface area contributed by atoms with Crippen LogP contribution in [-0.2, 0) is 0 Å². The van der Waals surface area contributed by atoms with Gasteiger partial charge in [-0.15, -0.1) is 11.6 Å². The maximum Gasteiger partial charge on any atom is 0.123 e. The third-order valence-electron chi connectivity index (χ3n) is 3.54. The highest BCUT2D eigenvalue weighted by Gasteiger charge is 2.22. The molecule has 1 aromatic rings. The normalized spacial score (nSPS) is 18.3. The Morgan fingerprint density at radius 1 is 1.41 bits per heavy atom. The summed E-state index contributed by atoms with van der Waals surface area (Å²) in [6.07, 6.45) is 6.46. The molecule has 1 aliphatic carbocycles. The maximum atomic E-state index is 6.54. The standard InChI is InChI=1S/C14H18BrClO/c1-17-14-7-6-11(15)9-12(14)13(16)8-10-4-2-3-5-10/h6-7,9-10,13H,2-5,8H2,1H3. The van der Waals surface area contributed by atoms with Crippen LogP contribution in [0.4, 0.5) is 0 Å². The summed E-state index contributed by atoms with van der Waals surface area (Å²) >= 11 is 10.0. The Hall–Kier alpha value is -0.210. The average molecular weight is 318 g/mol. The summed E-state index contributed by atoms with van der Waals surface area (Å²) in [5.74, 6) is 1.69. The average Bonchev–Trinajstić information content (AvgIpc) is 2.81. The largest absolute Gasteiger partial charge is 0.496 e. The molecule has 17 heavy (non-hydrogen) atoms. The van der Waals surface area contributed by atoms with E-state index in [9.17, 15) is 0 Å². The first-order valence-electron chi connectivity index (χ1n) is 6.18. The van der Waals surface area contributed by atoms with Crippen molar-refractivity contribution >= 4 is 27.5 Å². The maximum absolute atomic E-state index is 6.54. The van der Waals surface area contributed by atoms with Crippen LogP contribution in [-0.4, -0.2) is 7.11 Å². The van der Waals surface area contributed by atoms with E-state index in [0.717, 1.165) is 28.1 Å². The highest BCUT2D eigenvalue weighted by Crippen LogP contribution is 2.40. The molecule has 3 heteroatoms. The minimum Gasteiger partial charge on any atom is -0.496 e. The third kappa shape index (κ3) is 3.38. The molecule has 0 aliphatic heterocycles. The van der Waals surface area contributed by atoms with Crippen LogP contribution in [0.2, 0.25) is 0 Å². The molecule has 0 amide bonds. The molecule has 1 unspecified atom stereocenters. The van der Waals surface area contributed by atoms with Crippen LogP contribution in [0.1, 0.15) is 43.0 Å². The van der Waals surface area contributed by atoms with Gasteiger partial charge in [0.05, 0.1) is 12.5 Å². The van der Waals surface area contributed by atoms with E-state index in [1.165, 1.54) is 25.7 Å². The Morgan fingerprint density at radius 2 is 2.12 bits per heavy atom. The number of halogens is 2. The van der Waals surface area contributed by atoms with Crippen molar-refractivity contribution in [2.45, 2.75) is 37.5 Å². The van der Waals surface area contributed by atoms with Crippen molar-refractivity contribution in [3.8, 4) is 5.75 Å². The number of methoxy groups -OCH3 is 1. The van der Waals surface area contributed by atoms with Gasteiger partial charge in [0.15, 0.2) is 0 Å². The zero-order valence-electron chi connectivity index (χ0n) is 10.1. The van der Waals surface area contributed by atoms with Gasteiger partial charge in [0.1, 0.15) is 5.75 Å². The Kier molecular flexibility index (Phi) is 4.75. The quantitative estimate of drug-likeness (QED) is 0.683. The Bertz CT molecular complexity index is 374. The summed E-state index contributed by atoms with van der Waals surface area (Å²) in [7, 11) is 1.70. The predicted octanol–water partition coefficient (Wildman–Crippen LogP) is 5.32.